The van der Waals surface area contributed by atoms with Crippen LogP contribution >= 0.6 is 0 Å². The molecule has 0 radical (unpaired) electrons. The van der Waals surface area contributed by atoms with Crippen LogP contribution in [0.4, 0.5) is 4.79 Å². The van der Waals surface area contributed by atoms with Gasteiger partial charge in [0.15, 0.2) is 0 Å². The molecule has 38 heavy (non-hydrogen) atoms. The molecule has 3 fully saturated rings. The van der Waals surface area contributed by atoms with Gasteiger partial charge < -0.3 is 26.6 Å². The third-order valence-electron chi connectivity index (χ3n) is 7.12. The van der Waals surface area contributed by atoms with E-state index in [9.17, 15) is 24.0 Å². The zero-order valence-corrected chi connectivity index (χ0v) is 23.4. The van der Waals surface area contributed by atoms with Crippen molar-refractivity contribution < 1.29 is 36.3 Å². The van der Waals surface area contributed by atoms with Crippen LogP contribution in [-0.4, -0.2) is 64.6 Å². The number of nitrogens with two attached hydrogens (primary N) is 1. The number of urea groups is 1. The molecule has 0 bridgehead atoms. The van der Waals surface area contributed by atoms with E-state index in [-0.39, 0.29) is 18.9 Å². The first kappa shape index (κ1) is 19.4. The number of hydrogen-bond acceptors (Lipinski definition) is 5. The minimum atomic E-state index is -3.74. The van der Waals surface area contributed by atoms with Crippen LogP contribution in [0.25, 0.3) is 0 Å². The molecule has 214 valence electrons. The van der Waals surface area contributed by atoms with E-state index in [1.54, 1.807) is 20.8 Å². The molecule has 5 amide bonds. The van der Waals surface area contributed by atoms with Crippen molar-refractivity contribution >= 4 is 29.5 Å². The van der Waals surface area contributed by atoms with Crippen LogP contribution in [0.1, 0.15) is 99.6 Å². The fourth-order valence-electron chi connectivity index (χ4n) is 5.24. The highest BCUT2D eigenvalue weighted by Crippen LogP contribution is 2.65. The summed E-state index contributed by atoms with van der Waals surface area (Å²) in [5, 5.41) is 7.47. The number of ketones is 1. The highest BCUT2D eigenvalue weighted by atomic mass is 16.2. The molecule has 5 N–H and O–H groups in total. The highest BCUT2D eigenvalue weighted by Gasteiger charge is 2.69. The lowest BCUT2D eigenvalue weighted by molar-refractivity contribution is -0.144. The molecular weight excluding hydrogens is 486 g/mol. The second-order valence-corrected chi connectivity index (χ2v) is 13.1. The minimum absolute atomic E-state index is 0.0623. The van der Waals surface area contributed by atoms with E-state index in [4.69, 9.17) is 18.1 Å². The van der Waals surface area contributed by atoms with Gasteiger partial charge >= 0.3 is 6.03 Å². The molecule has 3 aliphatic rings. The van der Waals surface area contributed by atoms with Gasteiger partial charge in [0.05, 0.1) is 6.04 Å². The average Bonchev–Trinajstić information content (AvgIpc) is 3.18. The summed E-state index contributed by atoms with van der Waals surface area (Å²) in [4.78, 5) is 67.4. The van der Waals surface area contributed by atoms with Crippen molar-refractivity contribution in [3.63, 3.8) is 0 Å². The van der Waals surface area contributed by atoms with Gasteiger partial charge in [-0.2, -0.15) is 0 Å². The smallest absolute Gasteiger partial charge is 0.315 e. The maximum absolute atomic E-state index is 14.1. The monoisotopic (exact) mass is 542 g/mol. The summed E-state index contributed by atoms with van der Waals surface area (Å²) in [6, 6.07) is -5.82. The zero-order valence-electron chi connectivity index (χ0n) is 32.4. The number of likely N-dealkylation sites (tertiary alicyclic amines) is 1. The third kappa shape index (κ3) is 6.86. The number of primary amides is 1. The fourth-order valence-corrected chi connectivity index (χ4v) is 5.24. The first-order chi connectivity index (χ1) is 20.7. The van der Waals surface area contributed by atoms with E-state index in [2.05, 4.69) is 16.0 Å². The van der Waals surface area contributed by atoms with Gasteiger partial charge in [-0.05, 0) is 62.1 Å². The molecule has 1 heterocycles. The summed E-state index contributed by atoms with van der Waals surface area (Å²) in [5.41, 5.74) is 3.55. The number of nitrogens with zero attached hydrogens (tertiary/aromatic N) is 1. The van der Waals surface area contributed by atoms with Crippen LogP contribution in [0, 0.1) is 28.6 Å². The summed E-state index contributed by atoms with van der Waals surface area (Å²) in [6.07, 6.45) is -14.0. The second kappa shape index (κ2) is 10.5. The number of rotatable bonds is 9. The fraction of sp³-hybridized carbons (Fsp3) is 0.821. The summed E-state index contributed by atoms with van der Waals surface area (Å²) < 4.78 is 74.1. The van der Waals surface area contributed by atoms with Gasteiger partial charge in [-0.1, -0.05) is 53.7 Å². The summed E-state index contributed by atoms with van der Waals surface area (Å²) in [6.45, 7) is 14.6. The van der Waals surface area contributed by atoms with Crippen molar-refractivity contribution in [1.82, 2.24) is 20.9 Å². The number of hydrogen-bond donors (Lipinski definition) is 4. The normalized spacial score (nSPS) is 34.6. The van der Waals surface area contributed by atoms with Crippen molar-refractivity contribution in [2.75, 3.05) is 6.54 Å². The van der Waals surface area contributed by atoms with Crippen molar-refractivity contribution in [3.05, 3.63) is 0 Å². The number of amides is 5. The molecule has 5 atom stereocenters. The van der Waals surface area contributed by atoms with Crippen molar-refractivity contribution in [2.24, 2.45) is 34.3 Å². The van der Waals surface area contributed by atoms with Gasteiger partial charge in [-0.15, -0.1) is 0 Å². The molecule has 0 aromatic rings. The largest absolute Gasteiger partial charge is 0.363 e. The Morgan fingerprint density at radius 2 is 1.68 bits per heavy atom. The van der Waals surface area contributed by atoms with Crippen LogP contribution in [0.5, 0.6) is 0 Å². The van der Waals surface area contributed by atoms with E-state index in [1.807, 2.05) is 34.6 Å². The molecular formula is C28H47N5O5. The quantitative estimate of drug-likeness (QED) is 0.329. The summed E-state index contributed by atoms with van der Waals surface area (Å²) in [5.74, 6) is -9.72. The Morgan fingerprint density at radius 3 is 2.21 bits per heavy atom. The number of carbonyl (C=O) groups excluding carboxylic acids is 5. The first-order valence-corrected chi connectivity index (χ1v) is 12.8. The summed E-state index contributed by atoms with van der Waals surface area (Å²) in [7, 11) is 0. The molecule has 1 saturated heterocycles. The lowest BCUT2D eigenvalue weighted by atomic mass is 9.80. The molecule has 10 heteroatoms. The van der Waals surface area contributed by atoms with E-state index in [0.29, 0.717) is 0 Å². The number of piperidine rings is 1. The molecule has 0 aromatic carbocycles. The van der Waals surface area contributed by atoms with Gasteiger partial charge in [-0.3, -0.25) is 19.2 Å². The Bertz CT molecular complexity index is 1340. The van der Waals surface area contributed by atoms with Crippen LogP contribution in [0.3, 0.4) is 0 Å². The third-order valence-corrected chi connectivity index (χ3v) is 7.12. The van der Waals surface area contributed by atoms with Gasteiger partial charge in [-0.25, -0.2) is 4.79 Å². The SMILES string of the molecule is [2H]C([2H])(C(NC(=O)[C@@H]1[C@@H]2[C@H](CN1C(=O)[C@H](CC(C)(C)C)NC(=O)NC(C)(C)C)C2(C)C)C(=O)C(N)=O)C1([2H])C([2H])([2H])C([2H])([2H])C1([2H])[2H]. The zero-order chi connectivity index (χ0) is 36.9. The Labute approximate surface area is 239 Å². The maximum atomic E-state index is 14.1. The lowest BCUT2D eigenvalue weighted by Gasteiger charge is -2.36. The van der Waals surface area contributed by atoms with Crippen LogP contribution in [0.2, 0.25) is 0 Å². The summed E-state index contributed by atoms with van der Waals surface area (Å²) >= 11 is 0. The van der Waals surface area contributed by atoms with Gasteiger partial charge in [0.25, 0.3) is 5.91 Å². The lowest BCUT2D eigenvalue weighted by Crippen LogP contribution is -2.60. The maximum Gasteiger partial charge on any atom is 0.315 e. The van der Waals surface area contributed by atoms with Crippen LogP contribution in [-0.2, 0) is 19.2 Å². The van der Waals surface area contributed by atoms with Crippen LogP contribution < -0.4 is 21.7 Å². The topological polar surface area (TPSA) is 151 Å². The van der Waals surface area contributed by atoms with Crippen molar-refractivity contribution in [2.45, 2.75) is 111 Å². The average molecular weight is 543 g/mol. The predicted molar refractivity (Wildman–Crippen MR) is 144 cm³/mol. The molecule has 3 rings (SSSR count). The van der Waals surface area contributed by atoms with Crippen molar-refractivity contribution in [1.29, 1.82) is 0 Å². The standard InChI is InChI=1S/C28H47N5O5/c1-26(2,3)13-18(31-25(38)32-27(4,5)6)24(37)33-14-16-19(28(16,7)8)20(33)23(36)30-17(21(34)22(29)35)12-15-10-9-11-15/h15-20H,9-14H2,1-8H3,(H2,29,35)(H,30,36)(H2,31,32,38)/t16-,17?,18-,19-,20-/m0/s1/i9D2,10D2,11D2,12D2,15D. The van der Waals surface area contributed by atoms with Gasteiger partial charge in [0, 0.05) is 24.4 Å². The number of carbonyl (C=O) groups is 5. The molecule has 2 aliphatic carbocycles. The van der Waals surface area contributed by atoms with E-state index < -0.39 is 101 Å². The predicted octanol–water partition coefficient (Wildman–Crippen LogP) is 2.10. The van der Waals surface area contributed by atoms with E-state index in [0.717, 1.165) is 0 Å². The second-order valence-electron chi connectivity index (χ2n) is 13.1. The molecule has 0 spiro atoms. The Kier molecular flexibility index (Phi) is 5.36. The van der Waals surface area contributed by atoms with Crippen molar-refractivity contribution in [3.8, 4) is 0 Å². The first-order valence-electron chi connectivity index (χ1n) is 17.3. The van der Waals surface area contributed by atoms with Gasteiger partial charge in [0.1, 0.15) is 12.1 Å². The minimum Gasteiger partial charge on any atom is -0.363 e. The molecule has 2 saturated carbocycles. The number of fused-ring (bicyclic) bond motifs is 1. The molecule has 1 unspecified atom stereocenters. The Balaban J connectivity index is 2.04. The van der Waals surface area contributed by atoms with E-state index >= 15 is 0 Å². The Hall–Kier alpha value is -2.65. The number of Topliss-reactive ketones (excluding diaryl/α,β-unsaturated/α-hetero) is 1. The molecule has 0 aromatic heterocycles. The Morgan fingerprint density at radius 1 is 1.08 bits per heavy atom. The van der Waals surface area contributed by atoms with Crippen LogP contribution in [0.15, 0.2) is 0 Å². The van der Waals surface area contributed by atoms with Gasteiger partial charge in [0.2, 0.25) is 17.6 Å². The number of nitrogens with one attached hydrogen (secondary N) is 3. The highest BCUT2D eigenvalue weighted by molar-refractivity contribution is 6.37. The molecule has 10 nitrogen and oxygen atoms in total. The van der Waals surface area contributed by atoms with E-state index in [1.165, 1.54) is 4.90 Å². The molecule has 1 aliphatic heterocycles.